The quantitative estimate of drug-likeness (QED) is 0.268. The van der Waals surface area contributed by atoms with Crippen LogP contribution in [-0.2, 0) is 19.7 Å². The van der Waals surface area contributed by atoms with E-state index in [1.807, 2.05) is 5.32 Å². The van der Waals surface area contributed by atoms with Gasteiger partial charge >= 0.3 is 12.1 Å². The number of nitrogens with one attached hydrogen (secondary N) is 3. The highest BCUT2D eigenvalue weighted by molar-refractivity contribution is 7.10. The first-order chi connectivity index (χ1) is 15.3. The third-order valence-electron chi connectivity index (χ3n) is 5.59. The molecule has 0 aromatic carbocycles. The molecule has 12 nitrogen and oxygen atoms in total. The van der Waals surface area contributed by atoms with E-state index >= 15 is 0 Å². The van der Waals surface area contributed by atoms with E-state index in [2.05, 4.69) is 15.6 Å². The highest BCUT2D eigenvalue weighted by atomic mass is 32.1. The Bertz CT molecular complexity index is 936. The fourth-order valence-corrected chi connectivity index (χ4v) is 5.17. The van der Waals surface area contributed by atoms with E-state index in [-0.39, 0.29) is 16.6 Å². The average molecular weight is 485 g/mol. The number of carbonyl (C=O) groups is 4. The molecule has 182 valence electrons. The number of carbonyl (C=O) groups excluding carboxylic acids is 3. The van der Waals surface area contributed by atoms with Crippen molar-refractivity contribution < 1.29 is 39.2 Å². The van der Waals surface area contributed by atoms with Crippen LogP contribution in [0.3, 0.4) is 0 Å². The van der Waals surface area contributed by atoms with Gasteiger partial charge in [0, 0.05) is 16.3 Å². The summed E-state index contributed by atoms with van der Waals surface area (Å²) in [6.07, 6.45) is 1.60. The molecule has 6 N–H and O–H groups in total. The molecule has 2 bridgehead atoms. The highest BCUT2D eigenvalue weighted by Gasteiger charge is 2.70. The monoisotopic (exact) mass is 484 g/mol. The number of ether oxygens (including phenoxy) is 1. The molecule has 1 aromatic rings. The summed E-state index contributed by atoms with van der Waals surface area (Å²) < 4.78 is 5.30. The number of carboxylic acid groups (broad SMARTS) is 1. The van der Waals surface area contributed by atoms with Crippen LogP contribution in [-0.4, -0.2) is 80.6 Å². The second-order valence-corrected chi connectivity index (χ2v) is 10.4. The zero-order valence-electron chi connectivity index (χ0n) is 18.5. The smallest absolute Gasteiger partial charge is 0.408 e. The topological polar surface area (TPSA) is 187 Å². The van der Waals surface area contributed by atoms with Crippen molar-refractivity contribution in [2.45, 2.75) is 68.7 Å². The molecule has 1 aromatic heterocycles. The lowest BCUT2D eigenvalue weighted by atomic mass is 9.39. The summed E-state index contributed by atoms with van der Waals surface area (Å²) in [7, 11) is 0. The first kappa shape index (κ1) is 24.9. The fraction of sp³-hybridized carbons (Fsp3) is 0.650. The number of carboxylic acids is 1. The van der Waals surface area contributed by atoms with E-state index in [0.29, 0.717) is 19.3 Å². The van der Waals surface area contributed by atoms with Crippen LogP contribution in [0.25, 0.3) is 0 Å². The van der Waals surface area contributed by atoms with Crippen molar-refractivity contribution in [1.29, 1.82) is 0 Å². The lowest BCUT2D eigenvalue weighted by Gasteiger charge is -2.69. The maximum absolute atomic E-state index is 12.5. The Morgan fingerprint density at radius 2 is 1.73 bits per heavy atom. The number of aliphatic carboxylic acids is 1. The van der Waals surface area contributed by atoms with E-state index in [4.69, 9.17) is 14.9 Å². The average Bonchev–Trinajstić information content (AvgIpc) is 3.13. The molecule has 2 atom stereocenters. The normalized spacial score (nSPS) is 25.0. The predicted molar refractivity (Wildman–Crippen MR) is 115 cm³/mol. The number of aliphatic hydroxyl groups excluding tert-OH is 2. The van der Waals surface area contributed by atoms with Gasteiger partial charge in [-0.05, 0) is 40.0 Å². The van der Waals surface area contributed by atoms with Crippen molar-refractivity contribution in [3.63, 3.8) is 0 Å². The summed E-state index contributed by atoms with van der Waals surface area (Å²) >= 11 is 1.30. The number of hydrogen-bond acceptors (Lipinski definition) is 9. The lowest BCUT2D eigenvalue weighted by molar-refractivity contribution is -0.143. The molecule has 13 heteroatoms. The second-order valence-electron chi connectivity index (χ2n) is 9.55. The third kappa shape index (κ3) is 5.25. The van der Waals surface area contributed by atoms with Crippen LogP contribution in [0.2, 0.25) is 0 Å². The predicted octanol–water partition coefficient (Wildman–Crippen LogP) is -0.506. The van der Waals surface area contributed by atoms with Crippen LogP contribution in [0.15, 0.2) is 5.38 Å². The standard InChI is InChI=1S/C20H28N4O8S/c1-18(2,3)32-17(31)24-20-7-19(8-20,9-20)16-23-12(6-33-16)14(28)21-10(4-25)13(27)22-11(5-26)15(29)30/h6,10-11,25-26H,4-5,7-9H2,1-3H3,(H,21,28)(H,22,27)(H,24,31)(H,29,30)/t10-,11-,19?,20?/m0/s1. The minimum atomic E-state index is -1.56. The van der Waals surface area contributed by atoms with Crippen molar-refractivity contribution >= 4 is 35.2 Å². The minimum absolute atomic E-state index is 0.0667. The molecule has 1 heterocycles. The van der Waals surface area contributed by atoms with Crippen molar-refractivity contribution in [3.8, 4) is 0 Å². The van der Waals surface area contributed by atoms with Gasteiger partial charge in [0.25, 0.3) is 5.91 Å². The Hall–Kier alpha value is -2.77. The summed E-state index contributed by atoms with van der Waals surface area (Å²) in [5, 5.41) is 36.9. The van der Waals surface area contributed by atoms with Crippen molar-refractivity contribution in [2.75, 3.05) is 13.2 Å². The number of thiazole rings is 1. The molecule has 3 saturated carbocycles. The molecular formula is C20H28N4O8S. The molecule has 4 rings (SSSR count). The molecule has 33 heavy (non-hydrogen) atoms. The van der Waals surface area contributed by atoms with Crippen LogP contribution in [0.5, 0.6) is 0 Å². The van der Waals surface area contributed by atoms with Gasteiger partial charge in [0.15, 0.2) is 0 Å². The zero-order valence-corrected chi connectivity index (χ0v) is 19.3. The first-order valence-corrected chi connectivity index (χ1v) is 11.2. The van der Waals surface area contributed by atoms with Gasteiger partial charge in [-0.25, -0.2) is 14.6 Å². The molecule has 0 aliphatic heterocycles. The first-order valence-electron chi connectivity index (χ1n) is 10.3. The Balaban J connectivity index is 1.55. The molecule has 0 radical (unpaired) electrons. The maximum Gasteiger partial charge on any atom is 0.408 e. The Morgan fingerprint density at radius 1 is 1.12 bits per heavy atom. The summed E-state index contributed by atoms with van der Waals surface area (Å²) in [5.74, 6) is -3.09. The van der Waals surface area contributed by atoms with Crippen LogP contribution in [0, 0.1) is 0 Å². The molecule has 0 saturated heterocycles. The molecule has 0 unspecified atom stereocenters. The second kappa shape index (κ2) is 8.88. The Labute approximate surface area is 193 Å². The minimum Gasteiger partial charge on any atom is -0.480 e. The molecular weight excluding hydrogens is 456 g/mol. The SMILES string of the molecule is CC(C)(C)OC(=O)NC12CC(c3nc(C(=O)N[C@@H](CO)C(=O)N[C@@H](CO)C(=O)O)cs3)(C1)C2. The fourth-order valence-electron chi connectivity index (χ4n) is 4.17. The Kier molecular flexibility index (Phi) is 6.69. The summed E-state index contributed by atoms with van der Waals surface area (Å²) in [6.45, 7) is 3.77. The molecule has 3 aliphatic carbocycles. The maximum atomic E-state index is 12.5. The number of nitrogens with zero attached hydrogens (tertiary/aromatic N) is 1. The van der Waals surface area contributed by atoms with E-state index in [9.17, 15) is 24.3 Å². The number of hydrogen-bond donors (Lipinski definition) is 6. The van der Waals surface area contributed by atoms with E-state index in [1.54, 1.807) is 26.2 Å². The number of aromatic nitrogens is 1. The van der Waals surface area contributed by atoms with Crippen LogP contribution in [0.4, 0.5) is 4.79 Å². The van der Waals surface area contributed by atoms with Crippen LogP contribution in [0.1, 0.15) is 55.5 Å². The van der Waals surface area contributed by atoms with Gasteiger partial charge < -0.3 is 36.0 Å². The van der Waals surface area contributed by atoms with Gasteiger partial charge in [0.1, 0.15) is 23.4 Å². The summed E-state index contributed by atoms with van der Waals surface area (Å²) in [5.41, 5.74) is -1.04. The van der Waals surface area contributed by atoms with Crippen LogP contribution < -0.4 is 16.0 Å². The van der Waals surface area contributed by atoms with E-state index < -0.39 is 54.8 Å². The van der Waals surface area contributed by atoms with Gasteiger partial charge in [-0.15, -0.1) is 11.3 Å². The summed E-state index contributed by atoms with van der Waals surface area (Å²) in [6, 6.07) is -2.97. The largest absolute Gasteiger partial charge is 0.480 e. The van der Waals surface area contributed by atoms with Crippen molar-refractivity contribution in [2.24, 2.45) is 0 Å². The number of amides is 3. The highest BCUT2D eigenvalue weighted by Crippen LogP contribution is 2.68. The van der Waals surface area contributed by atoms with Crippen molar-refractivity contribution in [3.05, 3.63) is 16.1 Å². The molecule has 3 amide bonds. The molecule has 3 fully saturated rings. The lowest BCUT2D eigenvalue weighted by Crippen LogP contribution is -2.76. The Morgan fingerprint density at radius 3 is 2.24 bits per heavy atom. The van der Waals surface area contributed by atoms with Gasteiger partial charge in [-0.1, -0.05) is 0 Å². The number of alkyl carbamates (subject to hydrolysis) is 1. The van der Waals surface area contributed by atoms with Gasteiger partial charge in [0.2, 0.25) is 5.91 Å². The molecule has 3 aliphatic rings. The van der Waals surface area contributed by atoms with E-state index in [1.165, 1.54) is 11.3 Å². The van der Waals surface area contributed by atoms with Crippen molar-refractivity contribution in [1.82, 2.24) is 20.9 Å². The molecule has 0 spiro atoms. The van der Waals surface area contributed by atoms with E-state index in [0.717, 1.165) is 5.01 Å². The van der Waals surface area contributed by atoms with Crippen LogP contribution >= 0.6 is 11.3 Å². The zero-order chi connectivity index (χ0) is 24.6. The number of aliphatic hydroxyl groups is 2. The van der Waals surface area contributed by atoms with Gasteiger partial charge in [0.05, 0.1) is 18.2 Å². The van der Waals surface area contributed by atoms with Gasteiger partial charge in [-0.2, -0.15) is 0 Å². The van der Waals surface area contributed by atoms with Gasteiger partial charge in [-0.3, -0.25) is 9.59 Å². The third-order valence-corrected chi connectivity index (χ3v) is 6.68. The number of rotatable bonds is 9. The summed E-state index contributed by atoms with van der Waals surface area (Å²) in [4.78, 5) is 52.0.